The van der Waals surface area contributed by atoms with Gasteiger partial charge in [0.05, 0.1) is 6.42 Å². The van der Waals surface area contributed by atoms with Gasteiger partial charge in [0.1, 0.15) is 0 Å². The molecule has 0 aliphatic rings. The number of hydrogen-bond donors (Lipinski definition) is 3. The van der Waals surface area contributed by atoms with Crippen molar-refractivity contribution in [2.45, 2.75) is 40.2 Å². The van der Waals surface area contributed by atoms with Crippen molar-refractivity contribution >= 4 is 29.1 Å². The quantitative estimate of drug-likeness (QED) is 0.434. The van der Waals surface area contributed by atoms with Crippen LogP contribution >= 0.6 is 0 Å². The molecule has 7 nitrogen and oxygen atoms in total. The van der Waals surface area contributed by atoms with Gasteiger partial charge in [0.2, 0.25) is 5.91 Å². The van der Waals surface area contributed by atoms with Crippen molar-refractivity contribution in [3.63, 3.8) is 0 Å². The lowest BCUT2D eigenvalue weighted by Crippen LogP contribution is -2.41. The third-order valence-corrected chi connectivity index (χ3v) is 2.81. The first-order chi connectivity index (χ1) is 10.8. The lowest BCUT2D eigenvalue weighted by Gasteiger charge is -2.08. The van der Waals surface area contributed by atoms with Crippen LogP contribution in [0.15, 0.2) is 29.4 Å². The molecule has 0 radical (unpaired) electrons. The van der Waals surface area contributed by atoms with E-state index < -0.39 is 11.8 Å². The van der Waals surface area contributed by atoms with E-state index in [1.807, 2.05) is 25.1 Å². The molecular formula is C16H22N4O3. The van der Waals surface area contributed by atoms with Gasteiger partial charge in [-0.15, -0.1) is 0 Å². The van der Waals surface area contributed by atoms with Crippen LogP contribution in [0.4, 0.5) is 5.69 Å². The fourth-order valence-electron chi connectivity index (χ4n) is 1.70. The van der Waals surface area contributed by atoms with Gasteiger partial charge in [-0.05, 0) is 39.3 Å². The molecule has 1 aromatic carbocycles. The van der Waals surface area contributed by atoms with Crippen LogP contribution < -0.4 is 16.1 Å². The van der Waals surface area contributed by atoms with E-state index in [-0.39, 0.29) is 18.4 Å². The van der Waals surface area contributed by atoms with Gasteiger partial charge in [0.25, 0.3) is 0 Å². The van der Waals surface area contributed by atoms with E-state index in [9.17, 15) is 14.4 Å². The Morgan fingerprint density at radius 2 is 1.78 bits per heavy atom. The predicted octanol–water partition coefficient (Wildman–Crippen LogP) is 1.34. The predicted molar refractivity (Wildman–Crippen MR) is 89.0 cm³/mol. The number of para-hydroxylation sites is 1. The van der Waals surface area contributed by atoms with Crippen molar-refractivity contribution in [3.8, 4) is 0 Å². The Hall–Kier alpha value is -2.70. The van der Waals surface area contributed by atoms with Crippen LogP contribution in [0.2, 0.25) is 0 Å². The Morgan fingerprint density at radius 3 is 2.39 bits per heavy atom. The number of aryl methyl sites for hydroxylation is 1. The van der Waals surface area contributed by atoms with E-state index in [0.29, 0.717) is 5.71 Å². The molecule has 7 heteroatoms. The van der Waals surface area contributed by atoms with Gasteiger partial charge < -0.3 is 10.6 Å². The Balaban J connectivity index is 2.50. The topological polar surface area (TPSA) is 99.7 Å². The smallest absolute Gasteiger partial charge is 0.329 e. The second-order valence-electron chi connectivity index (χ2n) is 5.46. The average Bonchev–Trinajstić information content (AvgIpc) is 2.46. The van der Waals surface area contributed by atoms with Crippen molar-refractivity contribution in [2.24, 2.45) is 5.10 Å². The van der Waals surface area contributed by atoms with E-state index in [2.05, 4.69) is 21.2 Å². The monoisotopic (exact) mass is 318 g/mol. The molecule has 0 unspecified atom stereocenters. The van der Waals surface area contributed by atoms with E-state index >= 15 is 0 Å². The summed E-state index contributed by atoms with van der Waals surface area (Å²) in [5.74, 6) is -1.88. The Morgan fingerprint density at radius 1 is 1.13 bits per heavy atom. The average molecular weight is 318 g/mol. The fraction of sp³-hybridized carbons (Fsp3) is 0.375. The molecule has 0 aromatic heterocycles. The van der Waals surface area contributed by atoms with Crippen molar-refractivity contribution in [3.05, 3.63) is 29.8 Å². The first kappa shape index (κ1) is 18.3. The standard InChI is InChI=1S/C16H22N4O3/c1-10(2)17-15(22)16(23)20-19-12(4)9-14(21)18-13-8-6-5-7-11(13)3/h5-8,10H,9H2,1-4H3,(H,17,22)(H,18,21)(H,20,23)/b19-12+. The molecule has 0 saturated carbocycles. The Labute approximate surface area is 135 Å². The number of anilines is 1. The molecule has 0 fully saturated rings. The molecule has 0 spiro atoms. The van der Waals surface area contributed by atoms with E-state index in [1.54, 1.807) is 26.8 Å². The highest BCUT2D eigenvalue weighted by Gasteiger charge is 2.14. The van der Waals surface area contributed by atoms with Gasteiger partial charge in [0, 0.05) is 17.4 Å². The van der Waals surface area contributed by atoms with Gasteiger partial charge in [-0.2, -0.15) is 5.10 Å². The number of hydrogen-bond acceptors (Lipinski definition) is 4. The number of nitrogens with one attached hydrogen (secondary N) is 3. The van der Waals surface area contributed by atoms with Crippen LogP contribution in [-0.4, -0.2) is 29.5 Å². The maximum absolute atomic E-state index is 11.9. The van der Waals surface area contributed by atoms with Crippen LogP contribution in [-0.2, 0) is 14.4 Å². The Bertz CT molecular complexity index is 624. The van der Waals surface area contributed by atoms with Crippen molar-refractivity contribution in [1.29, 1.82) is 0 Å². The van der Waals surface area contributed by atoms with Crippen LogP contribution in [0.3, 0.4) is 0 Å². The molecule has 1 rings (SSSR count). The Kier molecular flexibility index (Phi) is 6.92. The number of hydrazone groups is 1. The zero-order chi connectivity index (χ0) is 17.4. The van der Waals surface area contributed by atoms with Gasteiger partial charge >= 0.3 is 11.8 Å². The number of carbonyl (C=O) groups is 3. The second kappa shape index (κ2) is 8.67. The molecule has 3 N–H and O–H groups in total. The molecule has 0 aliphatic carbocycles. The van der Waals surface area contributed by atoms with E-state index in [1.165, 1.54) is 0 Å². The first-order valence-corrected chi connectivity index (χ1v) is 7.29. The number of nitrogens with zero attached hydrogens (tertiary/aromatic N) is 1. The van der Waals surface area contributed by atoms with Gasteiger partial charge in [-0.3, -0.25) is 14.4 Å². The normalized spacial score (nSPS) is 11.1. The third-order valence-electron chi connectivity index (χ3n) is 2.81. The highest BCUT2D eigenvalue weighted by Crippen LogP contribution is 2.13. The third kappa shape index (κ3) is 6.73. The van der Waals surface area contributed by atoms with E-state index in [0.717, 1.165) is 11.3 Å². The number of carbonyl (C=O) groups excluding carboxylic acids is 3. The summed E-state index contributed by atoms with van der Waals surface area (Å²) in [6.07, 6.45) is 0.0143. The maximum atomic E-state index is 11.9. The zero-order valence-electron chi connectivity index (χ0n) is 13.8. The summed E-state index contributed by atoms with van der Waals surface area (Å²) >= 11 is 0. The van der Waals surface area contributed by atoms with Gasteiger partial charge in [-0.1, -0.05) is 18.2 Å². The summed E-state index contributed by atoms with van der Waals surface area (Å²) in [7, 11) is 0. The molecule has 124 valence electrons. The molecule has 0 saturated heterocycles. The molecule has 23 heavy (non-hydrogen) atoms. The minimum absolute atomic E-state index is 0.0143. The van der Waals surface area contributed by atoms with Crippen LogP contribution in [0.1, 0.15) is 32.8 Å². The summed E-state index contributed by atoms with van der Waals surface area (Å²) < 4.78 is 0. The fourth-order valence-corrected chi connectivity index (χ4v) is 1.70. The summed E-state index contributed by atoms with van der Waals surface area (Å²) in [5.41, 5.74) is 4.20. The molecule has 0 bridgehead atoms. The maximum Gasteiger partial charge on any atom is 0.329 e. The SMILES string of the molecule is C/C(CC(=O)Nc1ccccc1C)=N\NC(=O)C(=O)NC(C)C. The molecule has 0 heterocycles. The lowest BCUT2D eigenvalue weighted by molar-refractivity contribution is -0.139. The molecule has 3 amide bonds. The largest absolute Gasteiger partial charge is 0.346 e. The van der Waals surface area contributed by atoms with Crippen molar-refractivity contribution in [2.75, 3.05) is 5.32 Å². The second-order valence-corrected chi connectivity index (χ2v) is 5.46. The van der Waals surface area contributed by atoms with Gasteiger partial charge in [0.15, 0.2) is 0 Å². The first-order valence-electron chi connectivity index (χ1n) is 7.29. The molecule has 0 aliphatic heterocycles. The van der Waals surface area contributed by atoms with Crippen molar-refractivity contribution in [1.82, 2.24) is 10.7 Å². The highest BCUT2D eigenvalue weighted by molar-refractivity contribution is 6.35. The number of benzene rings is 1. The zero-order valence-corrected chi connectivity index (χ0v) is 13.8. The minimum atomic E-state index is -0.864. The molecule has 1 aromatic rings. The highest BCUT2D eigenvalue weighted by atomic mass is 16.2. The molecular weight excluding hydrogens is 296 g/mol. The van der Waals surface area contributed by atoms with Crippen LogP contribution in [0, 0.1) is 6.92 Å². The summed E-state index contributed by atoms with van der Waals surface area (Å²) in [4.78, 5) is 34.8. The van der Waals surface area contributed by atoms with Gasteiger partial charge in [-0.25, -0.2) is 5.43 Å². The van der Waals surface area contributed by atoms with Crippen LogP contribution in [0.5, 0.6) is 0 Å². The minimum Gasteiger partial charge on any atom is -0.346 e. The van der Waals surface area contributed by atoms with E-state index in [4.69, 9.17) is 0 Å². The lowest BCUT2D eigenvalue weighted by atomic mass is 10.2. The number of rotatable bonds is 5. The van der Waals surface area contributed by atoms with Crippen molar-refractivity contribution < 1.29 is 14.4 Å². The number of amides is 3. The van der Waals surface area contributed by atoms with Crippen LogP contribution in [0.25, 0.3) is 0 Å². The summed E-state index contributed by atoms with van der Waals surface area (Å²) in [6.45, 7) is 6.98. The molecule has 0 atom stereocenters. The summed E-state index contributed by atoms with van der Waals surface area (Å²) in [6, 6.07) is 7.27. The summed E-state index contributed by atoms with van der Waals surface area (Å²) in [5, 5.41) is 8.96.